The maximum Gasteiger partial charge on any atom is 2.00 e. The van der Waals surface area contributed by atoms with Gasteiger partial charge in [-0.15, -0.1) is 0 Å². The van der Waals surface area contributed by atoms with Gasteiger partial charge >= 0.3 is 75.5 Å². The third kappa shape index (κ3) is 20.2. The molecule has 2 nitrogen and oxygen atoms in total. The molecule has 0 aliphatic rings. The molecule has 0 amide bonds. The maximum absolute atomic E-state index is 7.72. The Kier molecular flexibility index (Phi) is 149. The molecule has 0 saturated carbocycles. The van der Waals surface area contributed by atoms with Gasteiger partial charge in [-0.1, -0.05) is 0 Å². The van der Waals surface area contributed by atoms with Crippen LogP contribution < -0.4 is 4.66 Å². The standard InChI is InChI=1S/2Ca.ClO.H2O/c;;1-2;/h;;;1H2/q2*+2;-1;/p-1. The number of halogens is 1. The van der Waals surface area contributed by atoms with Gasteiger partial charge in [-0.2, -0.15) is 0 Å². The molecule has 5 heteroatoms. The summed E-state index contributed by atoms with van der Waals surface area (Å²) >= 11 is 3.39. The molecule has 0 rings (SSSR count). The van der Waals surface area contributed by atoms with E-state index in [2.05, 4.69) is 11.9 Å². The fourth-order valence-corrected chi connectivity index (χ4v) is 0. The van der Waals surface area contributed by atoms with E-state index in [9.17, 15) is 0 Å². The van der Waals surface area contributed by atoms with Gasteiger partial charge in [-0.3, -0.25) is 0 Å². The van der Waals surface area contributed by atoms with Crippen LogP contribution in [-0.2, 0) is 0 Å². The topological polar surface area (TPSA) is 53.1 Å². The number of hydrogen-bond acceptors (Lipinski definition) is 2. The zero-order valence-electron chi connectivity index (χ0n) is 2.65. The van der Waals surface area contributed by atoms with E-state index in [0.29, 0.717) is 0 Å². The second kappa shape index (κ2) is 29.7. The summed E-state index contributed by atoms with van der Waals surface area (Å²) < 4.78 is 7.72. The van der Waals surface area contributed by atoms with E-state index in [1.807, 2.05) is 0 Å². The first kappa shape index (κ1) is 25.2. The van der Waals surface area contributed by atoms with E-state index >= 15 is 0 Å². The average Bonchev–Trinajstić information content (AvgIpc) is 1.00. The van der Waals surface area contributed by atoms with Crippen LogP contribution in [0.4, 0.5) is 0 Å². The van der Waals surface area contributed by atoms with Crippen molar-refractivity contribution in [3.05, 3.63) is 0 Å². The molecular weight excluding hydrogens is 148 g/mol. The molecule has 0 aliphatic carbocycles. The first-order chi connectivity index (χ1) is 1.00. The van der Waals surface area contributed by atoms with E-state index in [0.717, 1.165) is 0 Å². The Balaban J connectivity index is -0.00000000167. The molecule has 0 saturated heterocycles. The van der Waals surface area contributed by atoms with Gasteiger partial charge < -0.3 is 10.1 Å². The van der Waals surface area contributed by atoms with Crippen molar-refractivity contribution in [1.29, 1.82) is 0 Å². The van der Waals surface area contributed by atoms with Crippen molar-refractivity contribution in [3.63, 3.8) is 0 Å². The summed E-state index contributed by atoms with van der Waals surface area (Å²) in [6, 6.07) is 0. The van der Waals surface area contributed by atoms with Gasteiger partial charge in [0.1, 0.15) is 0 Å². The van der Waals surface area contributed by atoms with Crippen LogP contribution in [0, 0.1) is 0 Å². The Morgan fingerprint density at radius 1 is 1.00 bits per heavy atom. The number of rotatable bonds is 0. The first-order valence-electron chi connectivity index (χ1n) is 0.154. The van der Waals surface area contributed by atoms with Crippen LogP contribution in [0.15, 0.2) is 0 Å². The summed E-state index contributed by atoms with van der Waals surface area (Å²) in [5.74, 6) is 0. The van der Waals surface area contributed by atoms with Crippen molar-refractivity contribution >= 4 is 87.3 Å². The van der Waals surface area contributed by atoms with Gasteiger partial charge in [0.15, 0.2) is 0 Å². The average molecular weight is 149 g/mol. The Hall–Kier alpha value is 2.73. The summed E-state index contributed by atoms with van der Waals surface area (Å²) in [7, 11) is 0. The van der Waals surface area contributed by atoms with Crippen molar-refractivity contribution < 1.29 is 10.1 Å². The fourth-order valence-electron chi connectivity index (χ4n) is 0. The predicted octanol–water partition coefficient (Wildman–Crippen LogP) is -1.44. The number of hydrogen-bond donors (Lipinski definition) is 0. The van der Waals surface area contributed by atoms with E-state index in [4.69, 9.17) is 4.66 Å². The molecule has 0 aromatic carbocycles. The zero-order chi connectivity index (χ0) is 2.00. The van der Waals surface area contributed by atoms with Crippen LogP contribution in [0.1, 0.15) is 0 Å². The molecule has 0 aliphatic heterocycles. The molecule has 0 heterocycles. The molecule has 0 fully saturated rings. The molecule has 0 atom stereocenters. The van der Waals surface area contributed by atoms with Crippen LogP contribution in [0.5, 0.6) is 0 Å². The second-order valence-electron chi connectivity index (χ2n) is 0. The monoisotopic (exact) mass is 148 g/mol. The second-order valence-corrected chi connectivity index (χ2v) is 0. The third-order valence-electron chi connectivity index (χ3n) is 0. The van der Waals surface area contributed by atoms with Crippen molar-refractivity contribution in [3.8, 4) is 0 Å². The zero-order valence-corrected chi connectivity index (χ0v) is 7.82. The molecule has 1 N–H and O–H groups in total. The van der Waals surface area contributed by atoms with Gasteiger partial charge in [0.05, 0.1) is 0 Å². The van der Waals surface area contributed by atoms with Crippen LogP contribution >= 0.6 is 11.9 Å². The van der Waals surface area contributed by atoms with E-state index in [1.165, 1.54) is 0 Å². The van der Waals surface area contributed by atoms with Crippen molar-refractivity contribution in [1.82, 2.24) is 0 Å². The van der Waals surface area contributed by atoms with Crippen LogP contribution in [0.25, 0.3) is 0 Å². The molecule has 0 radical (unpaired) electrons. The van der Waals surface area contributed by atoms with E-state index < -0.39 is 0 Å². The van der Waals surface area contributed by atoms with Crippen LogP contribution in [-0.4, -0.2) is 81.0 Å². The largest absolute Gasteiger partial charge is 2.00 e. The summed E-state index contributed by atoms with van der Waals surface area (Å²) in [5.41, 5.74) is 0. The first-order valence-corrected chi connectivity index (χ1v) is 0.463. The molecular formula is HCa2ClO2+2. The van der Waals surface area contributed by atoms with Crippen LogP contribution in [0.2, 0.25) is 0 Å². The van der Waals surface area contributed by atoms with Gasteiger partial charge in [-0.25, -0.2) is 11.9 Å². The summed E-state index contributed by atoms with van der Waals surface area (Å²) in [6.07, 6.45) is 0. The molecule has 0 aromatic heterocycles. The van der Waals surface area contributed by atoms with Crippen LogP contribution in [0.3, 0.4) is 0 Å². The molecule has 0 aromatic rings. The minimum Gasteiger partial charge on any atom is -0.870 e. The normalized spacial score (nSPS) is 1.20. The van der Waals surface area contributed by atoms with Crippen molar-refractivity contribution in [2.24, 2.45) is 0 Å². The summed E-state index contributed by atoms with van der Waals surface area (Å²) in [5, 5.41) is 0. The molecule has 5 heavy (non-hydrogen) atoms. The maximum atomic E-state index is 7.72. The van der Waals surface area contributed by atoms with Gasteiger partial charge in [0.2, 0.25) is 0 Å². The summed E-state index contributed by atoms with van der Waals surface area (Å²) in [6.45, 7) is 0. The Bertz CT molecular complexity index is 7.61. The quantitative estimate of drug-likeness (QED) is 0.396. The minimum atomic E-state index is 0. The molecule has 0 unspecified atom stereocenters. The summed E-state index contributed by atoms with van der Waals surface area (Å²) in [4.78, 5) is 0. The third-order valence-corrected chi connectivity index (χ3v) is 0. The Morgan fingerprint density at radius 2 is 1.00 bits per heavy atom. The van der Waals surface area contributed by atoms with Crippen molar-refractivity contribution in [2.75, 3.05) is 0 Å². The molecule has 0 spiro atoms. The van der Waals surface area contributed by atoms with Gasteiger partial charge in [0.25, 0.3) is 0 Å². The van der Waals surface area contributed by atoms with E-state index in [-0.39, 0.29) is 81.0 Å². The van der Waals surface area contributed by atoms with Crippen molar-refractivity contribution in [2.45, 2.75) is 0 Å². The fraction of sp³-hybridized carbons (Fsp3) is 0. The minimum absolute atomic E-state index is 0. The van der Waals surface area contributed by atoms with Gasteiger partial charge in [-0.05, 0) is 0 Å². The van der Waals surface area contributed by atoms with E-state index in [1.54, 1.807) is 0 Å². The smallest absolute Gasteiger partial charge is 0.870 e. The van der Waals surface area contributed by atoms with Gasteiger partial charge in [0, 0.05) is 0 Å². The molecule has 0 bridgehead atoms. The molecule has 22 valence electrons. The SMILES string of the molecule is [Ca+2].[Ca+2].[O-]Cl.[OH-]. The Morgan fingerprint density at radius 3 is 1.00 bits per heavy atom. The Labute approximate surface area is 95.4 Å². The predicted molar refractivity (Wildman–Crippen MR) is 19.3 cm³/mol.